The third-order valence-electron chi connectivity index (χ3n) is 3.24. The standard InChI is InChI=1S/C10H17BrN4S/c1-3-15-6-4-8(5-7-15)14(2)10-13-12-9(11)16-10/h8H,3-7H2,1-2H3. The fraction of sp³-hybridized carbons (Fsp3) is 0.800. The Hall–Kier alpha value is -0.200. The van der Waals surface area contributed by atoms with E-state index in [4.69, 9.17) is 0 Å². The van der Waals surface area contributed by atoms with Gasteiger partial charge in [0.15, 0.2) is 3.92 Å². The molecule has 1 fully saturated rings. The summed E-state index contributed by atoms with van der Waals surface area (Å²) in [6.07, 6.45) is 2.45. The molecule has 0 radical (unpaired) electrons. The number of aromatic nitrogens is 2. The molecule has 0 N–H and O–H groups in total. The van der Waals surface area contributed by atoms with E-state index < -0.39 is 0 Å². The Morgan fingerprint density at radius 2 is 2.12 bits per heavy atom. The van der Waals surface area contributed by atoms with E-state index in [1.165, 1.54) is 32.5 Å². The van der Waals surface area contributed by atoms with Crippen LogP contribution in [0.15, 0.2) is 3.92 Å². The van der Waals surface area contributed by atoms with Crippen LogP contribution in [-0.2, 0) is 0 Å². The molecule has 2 heterocycles. The van der Waals surface area contributed by atoms with Crippen LogP contribution in [0.25, 0.3) is 0 Å². The highest BCUT2D eigenvalue weighted by Gasteiger charge is 2.23. The van der Waals surface area contributed by atoms with Crippen molar-refractivity contribution in [2.45, 2.75) is 25.8 Å². The largest absolute Gasteiger partial charge is 0.347 e. The molecule has 6 heteroatoms. The number of piperidine rings is 1. The van der Waals surface area contributed by atoms with Crippen molar-refractivity contribution < 1.29 is 0 Å². The molecule has 1 aromatic rings. The summed E-state index contributed by atoms with van der Waals surface area (Å²) in [6.45, 7) is 5.80. The molecule has 0 saturated carbocycles. The van der Waals surface area contributed by atoms with E-state index in [1.54, 1.807) is 11.3 Å². The minimum Gasteiger partial charge on any atom is -0.347 e. The average molecular weight is 305 g/mol. The van der Waals surface area contributed by atoms with Crippen LogP contribution >= 0.6 is 27.3 Å². The van der Waals surface area contributed by atoms with E-state index in [0.717, 1.165) is 9.05 Å². The Bertz CT molecular complexity index is 335. The van der Waals surface area contributed by atoms with Gasteiger partial charge in [0.25, 0.3) is 0 Å². The maximum atomic E-state index is 4.16. The number of halogens is 1. The Kier molecular flexibility index (Phi) is 4.16. The summed E-state index contributed by atoms with van der Waals surface area (Å²) in [5.74, 6) is 0. The van der Waals surface area contributed by atoms with Gasteiger partial charge in [-0.1, -0.05) is 18.3 Å². The molecule has 0 unspecified atom stereocenters. The molecule has 1 saturated heterocycles. The summed E-state index contributed by atoms with van der Waals surface area (Å²) in [5, 5.41) is 9.18. The van der Waals surface area contributed by atoms with Gasteiger partial charge in [-0.2, -0.15) is 0 Å². The maximum absolute atomic E-state index is 4.16. The van der Waals surface area contributed by atoms with Crippen LogP contribution in [0.2, 0.25) is 0 Å². The van der Waals surface area contributed by atoms with Crippen molar-refractivity contribution in [3.05, 3.63) is 3.92 Å². The molecule has 0 aliphatic carbocycles. The summed E-state index contributed by atoms with van der Waals surface area (Å²) in [6, 6.07) is 0.614. The summed E-state index contributed by atoms with van der Waals surface area (Å²) < 4.78 is 0.861. The lowest BCUT2D eigenvalue weighted by Gasteiger charge is -2.35. The highest BCUT2D eigenvalue weighted by molar-refractivity contribution is 9.11. The second-order valence-corrected chi connectivity index (χ2v) is 6.35. The quantitative estimate of drug-likeness (QED) is 0.857. The molecule has 0 bridgehead atoms. The van der Waals surface area contributed by atoms with Crippen LogP contribution < -0.4 is 4.90 Å². The molecular weight excluding hydrogens is 288 g/mol. The monoisotopic (exact) mass is 304 g/mol. The molecule has 90 valence electrons. The van der Waals surface area contributed by atoms with Gasteiger partial charge in [0.05, 0.1) is 0 Å². The smallest absolute Gasteiger partial charge is 0.209 e. The molecule has 0 aromatic carbocycles. The predicted octanol–water partition coefficient (Wildman–Crippen LogP) is 2.22. The zero-order valence-corrected chi connectivity index (χ0v) is 12.1. The van der Waals surface area contributed by atoms with Gasteiger partial charge in [-0.3, -0.25) is 0 Å². The Morgan fingerprint density at radius 3 is 2.62 bits per heavy atom. The van der Waals surface area contributed by atoms with Crippen LogP contribution in [0, 0.1) is 0 Å². The lowest BCUT2D eigenvalue weighted by molar-refractivity contribution is 0.221. The van der Waals surface area contributed by atoms with Crippen LogP contribution in [0.4, 0.5) is 5.13 Å². The first kappa shape index (κ1) is 12.3. The van der Waals surface area contributed by atoms with Gasteiger partial charge in [0.1, 0.15) is 0 Å². The molecule has 0 spiro atoms. The van der Waals surface area contributed by atoms with E-state index >= 15 is 0 Å². The fourth-order valence-electron chi connectivity index (χ4n) is 2.12. The normalized spacial score (nSPS) is 18.9. The molecule has 0 amide bonds. The zero-order chi connectivity index (χ0) is 11.5. The lowest BCUT2D eigenvalue weighted by Crippen LogP contribution is -2.43. The Morgan fingerprint density at radius 1 is 1.44 bits per heavy atom. The van der Waals surface area contributed by atoms with Gasteiger partial charge < -0.3 is 9.80 Å². The van der Waals surface area contributed by atoms with Crippen molar-refractivity contribution in [3.63, 3.8) is 0 Å². The number of rotatable bonds is 3. The first-order valence-electron chi connectivity index (χ1n) is 5.65. The third-order valence-corrected chi connectivity index (χ3v) is 4.69. The topological polar surface area (TPSA) is 32.3 Å². The van der Waals surface area contributed by atoms with Crippen molar-refractivity contribution in [3.8, 4) is 0 Å². The number of likely N-dealkylation sites (tertiary alicyclic amines) is 1. The van der Waals surface area contributed by atoms with E-state index in [-0.39, 0.29) is 0 Å². The van der Waals surface area contributed by atoms with Crippen LogP contribution in [0.5, 0.6) is 0 Å². The second kappa shape index (κ2) is 5.42. The second-order valence-electron chi connectivity index (χ2n) is 4.11. The van der Waals surface area contributed by atoms with Crippen molar-refractivity contribution in [2.75, 3.05) is 31.6 Å². The summed E-state index contributed by atoms with van der Waals surface area (Å²) in [4.78, 5) is 4.77. The van der Waals surface area contributed by atoms with Crippen LogP contribution in [0.1, 0.15) is 19.8 Å². The van der Waals surface area contributed by atoms with E-state index in [1.807, 2.05) is 0 Å². The fourth-order valence-corrected chi connectivity index (χ4v) is 3.24. The minimum atomic E-state index is 0.614. The highest BCUT2D eigenvalue weighted by atomic mass is 79.9. The molecular formula is C10H17BrN4S. The molecule has 1 aromatic heterocycles. The maximum Gasteiger partial charge on any atom is 0.209 e. The SMILES string of the molecule is CCN1CCC(N(C)c2nnc(Br)s2)CC1. The first-order chi connectivity index (χ1) is 7.70. The van der Waals surface area contributed by atoms with Crippen molar-refractivity contribution in [1.29, 1.82) is 0 Å². The molecule has 0 atom stereocenters. The molecule has 1 aliphatic rings. The lowest BCUT2D eigenvalue weighted by atomic mass is 10.0. The van der Waals surface area contributed by atoms with Gasteiger partial charge in [0.2, 0.25) is 5.13 Å². The van der Waals surface area contributed by atoms with Gasteiger partial charge in [-0.05, 0) is 35.3 Å². The number of anilines is 1. The molecule has 16 heavy (non-hydrogen) atoms. The van der Waals surface area contributed by atoms with Crippen LogP contribution in [0.3, 0.4) is 0 Å². The first-order valence-corrected chi connectivity index (χ1v) is 7.26. The summed E-state index contributed by atoms with van der Waals surface area (Å²) in [5.41, 5.74) is 0. The summed E-state index contributed by atoms with van der Waals surface area (Å²) >= 11 is 4.96. The third kappa shape index (κ3) is 2.73. The highest BCUT2D eigenvalue weighted by Crippen LogP contribution is 2.27. The number of hydrogen-bond donors (Lipinski definition) is 0. The van der Waals surface area contributed by atoms with Crippen molar-refractivity contribution in [1.82, 2.24) is 15.1 Å². The number of nitrogens with zero attached hydrogens (tertiary/aromatic N) is 4. The predicted molar refractivity (Wildman–Crippen MR) is 71.1 cm³/mol. The van der Waals surface area contributed by atoms with Gasteiger partial charge in [0, 0.05) is 26.2 Å². The Balaban J connectivity index is 1.93. The van der Waals surface area contributed by atoms with Crippen molar-refractivity contribution >= 4 is 32.4 Å². The van der Waals surface area contributed by atoms with Gasteiger partial charge in [-0.15, -0.1) is 10.2 Å². The zero-order valence-electron chi connectivity index (χ0n) is 9.69. The van der Waals surface area contributed by atoms with E-state index in [0.29, 0.717) is 6.04 Å². The van der Waals surface area contributed by atoms with Gasteiger partial charge >= 0.3 is 0 Å². The average Bonchev–Trinajstić information content (AvgIpc) is 2.75. The number of hydrogen-bond acceptors (Lipinski definition) is 5. The van der Waals surface area contributed by atoms with Crippen LogP contribution in [-0.4, -0.2) is 47.8 Å². The summed E-state index contributed by atoms with van der Waals surface area (Å²) in [7, 11) is 2.12. The van der Waals surface area contributed by atoms with E-state index in [9.17, 15) is 0 Å². The van der Waals surface area contributed by atoms with E-state index in [2.05, 4.69) is 49.9 Å². The molecule has 1 aliphatic heterocycles. The molecule has 2 rings (SSSR count). The van der Waals surface area contributed by atoms with Crippen molar-refractivity contribution in [2.24, 2.45) is 0 Å². The Labute approximate surface area is 109 Å². The minimum absolute atomic E-state index is 0.614. The van der Waals surface area contributed by atoms with Gasteiger partial charge in [-0.25, -0.2) is 0 Å². The molecule has 4 nitrogen and oxygen atoms in total.